The zero-order chi connectivity index (χ0) is 10.7. The van der Waals surface area contributed by atoms with Crippen LogP contribution in [0.4, 0.5) is 4.79 Å². The van der Waals surface area contributed by atoms with E-state index in [9.17, 15) is 4.79 Å². The van der Waals surface area contributed by atoms with Crippen molar-refractivity contribution < 1.29 is 9.90 Å². The number of pyridine rings is 1. The van der Waals surface area contributed by atoms with Crippen molar-refractivity contribution in [2.75, 3.05) is 13.1 Å². The van der Waals surface area contributed by atoms with Crippen molar-refractivity contribution in [2.45, 2.75) is 18.8 Å². The van der Waals surface area contributed by atoms with Gasteiger partial charge in [0.2, 0.25) is 0 Å². The van der Waals surface area contributed by atoms with Crippen molar-refractivity contribution in [3.63, 3.8) is 0 Å². The Hall–Kier alpha value is -1.58. The van der Waals surface area contributed by atoms with E-state index in [1.807, 2.05) is 18.2 Å². The highest BCUT2D eigenvalue weighted by molar-refractivity contribution is 5.65. The Morgan fingerprint density at radius 2 is 2.13 bits per heavy atom. The summed E-state index contributed by atoms with van der Waals surface area (Å²) in [5, 5.41) is 8.81. The van der Waals surface area contributed by atoms with Gasteiger partial charge in [-0.15, -0.1) is 0 Å². The zero-order valence-corrected chi connectivity index (χ0v) is 8.47. The van der Waals surface area contributed by atoms with Crippen molar-refractivity contribution in [1.82, 2.24) is 9.88 Å². The van der Waals surface area contributed by atoms with Crippen LogP contribution in [0.25, 0.3) is 0 Å². The molecule has 0 atom stereocenters. The van der Waals surface area contributed by atoms with Crippen LogP contribution in [0.1, 0.15) is 24.5 Å². The summed E-state index contributed by atoms with van der Waals surface area (Å²) in [5.41, 5.74) is 1.09. The zero-order valence-electron chi connectivity index (χ0n) is 8.47. The summed E-state index contributed by atoms with van der Waals surface area (Å²) in [6, 6.07) is 5.89. The van der Waals surface area contributed by atoms with Gasteiger partial charge in [-0.05, 0) is 25.0 Å². The van der Waals surface area contributed by atoms with E-state index in [4.69, 9.17) is 5.11 Å². The van der Waals surface area contributed by atoms with Crippen LogP contribution in [0.15, 0.2) is 24.4 Å². The summed E-state index contributed by atoms with van der Waals surface area (Å²) in [7, 11) is 0. The van der Waals surface area contributed by atoms with E-state index in [1.165, 1.54) is 4.90 Å². The van der Waals surface area contributed by atoms with Gasteiger partial charge in [0, 0.05) is 30.9 Å². The van der Waals surface area contributed by atoms with E-state index in [-0.39, 0.29) is 0 Å². The highest BCUT2D eigenvalue weighted by atomic mass is 16.4. The van der Waals surface area contributed by atoms with Crippen molar-refractivity contribution in [3.05, 3.63) is 30.1 Å². The third kappa shape index (κ3) is 2.26. The number of nitrogens with zero attached hydrogens (tertiary/aromatic N) is 2. The summed E-state index contributed by atoms with van der Waals surface area (Å²) >= 11 is 0. The molecule has 4 heteroatoms. The molecule has 0 unspecified atom stereocenters. The van der Waals surface area contributed by atoms with Gasteiger partial charge in [-0.25, -0.2) is 4.79 Å². The van der Waals surface area contributed by atoms with Crippen LogP contribution in [-0.2, 0) is 0 Å². The molecule has 1 aliphatic rings. The molecule has 2 heterocycles. The summed E-state index contributed by atoms with van der Waals surface area (Å²) in [4.78, 5) is 16.5. The summed E-state index contributed by atoms with van der Waals surface area (Å²) in [5.74, 6) is 0.418. The maximum absolute atomic E-state index is 10.7. The molecule has 1 aliphatic heterocycles. The maximum Gasteiger partial charge on any atom is 0.407 e. The molecule has 1 N–H and O–H groups in total. The number of carboxylic acid groups (broad SMARTS) is 1. The fraction of sp³-hybridized carbons (Fsp3) is 0.455. The molecule has 4 nitrogen and oxygen atoms in total. The molecule has 0 aromatic carbocycles. The van der Waals surface area contributed by atoms with Gasteiger partial charge in [0.1, 0.15) is 0 Å². The predicted molar refractivity (Wildman–Crippen MR) is 55.8 cm³/mol. The minimum atomic E-state index is -0.811. The average Bonchev–Trinajstić information content (AvgIpc) is 2.30. The molecule has 1 saturated heterocycles. The van der Waals surface area contributed by atoms with Crippen LogP contribution < -0.4 is 0 Å². The minimum absolute atomic E-state index is 0.418. The number of hydrogen-bond donors (Lipinski definition) is 1. The Balaban J connectivity index is 1.97. The second-order valence-electron chi connectivity index (χ2n) is 3.80. The standard InChI is InChI=1S/C11H14N2O2/c14-11(15)13-7-4-9(5-8-13)10-3-1-2-6-12-10/h1-3,6,9H,4-5,7-8H2,(H,14,15). The van der Waals surface area contributed by atoms with E-state index < -0.39 is 6.09 Å². The molecule has 0 bridgehead atoms. The number of carbonyl (C=O) groups is 1. The highest BCUT2D eigenvalue weighted by Crippen LogP contribution is 2.26. The van der Waals surface area contributed by atoms with Gasteiger partial charge < -0.3 is 10.0 Å². The van der Waals surface area contributed by atoms with E-state index in [0.717, 1.165) is 18.5 Å². The second-order valence-corrected chi connectivity index (χ2v) is 3.80. The third-order valence-corrected chi connectivity index (χ3v) is 2.87. The Morgan fingerprint density at radius 3 is 2.67 bits per heavy atom. The van der Waals surface area contributed by atoms with Crippen molar-refractivity contribution in [2.24, 2.45) is 0 Å². The fourth-order valence-corrected chi connectivity index (χ4v) is 1.98. The molecule has 0 spiro atoms. The molecule has 1 fully saturated rings. The molecule has 0 saturated carbocycles. The number of aromatic nitrogens is 1. The molecule has 0 radical (unpaired) electrons. The first-order valence-corrected chi connectivity index (χ1v) is 5.16. The first-order chi connectivity index (χ1) is 7.27. The quantitative estimate of drug-likeness (QED) is 0.764. The summed E-state index contributed by atoms with van der Waals surface area (Å²) in [6.07, 6.45) is 2.74. The van der Waals surface area contributed by atoms with Gasteiger partial charge in [-0.1, -0.05) is 6.07 Å². The van der Waals surface area contributed by atoms with Gasteiger partial charge in [0.15, 0.2) is 0 Å². The lowest BCUT2D eigenvalue weighted by Crippen LogP contribution is -2.36. The monoisotopic (exact) mass is 206 g/mol. The molecule has 80 valence electrons. The molecule has 1 aromatic heterocycles. The fourth-order valence-electron chi connectivity index (χ4n) is 1.98. The van der Waals surface area contributed by atoms with Crippen LogP contribution in [0.5, 0.6) is 0 Å². The van der Waals surface area contributed by atoms with Crippen molar-refractivity contribution >= 4 is 6.09 Å². The molecule has 1 amide bonds. The smallest absolute Gasteiger partial charge is 0.407 e. The van der Waals surface area contributed by atoms with Crippen LogP contribution >= 0.6 is 0 Å². The number of rotatable bonds is 1. The molecule has 0 aliphatic carbocycles. The lowest BCUT2D eigenvalue weighted by Gasteiger charge is -2.29. The van der Waals surface area contributed by atoms with Crippen molar-refractivity contribution in [1.29, 1.82) is 0 Å². The van der Waals surface area contributed by atoms with Gasteiger partial charge in [-0.3, -0.25) is 4.98 Å². The molecule has 1 aromatic rings. The Labute approximate surface area is 88.6 Å². The maximum atomic E-state index is 10.7. The van der Waals surface area contributed by atoms with Gasteiger partial charge in [-0.2, -0.15) is 0 Å². The molecular weight excluding hydrogens is 192 g/mol. The molecular formula is C11H14N2O2. The van der Waals surface area contributed by atoms with E-state index in [0.29, 0.717) is 19.0 Å². The number of hydrogen-bond acceptors (Lipinski definition) is 2. The predicted octanol–water partition coefficient (Wildman–Crippen LogP) is 1.94. The number of likely N-dealkylation sites (tertiary alicyclic amines) is 1. The lowest BCUT2D eigenvalue weighted by atomic mass is 9.93. The van der Waals surface area contributed by atoms with Gasteiger partial charge in [0.25, 0.3) is 0 Å². The first-order valence-electron chi connectivity index (χ1n) is 5.16. The third-order valence-electron chi connectivity index (χ3n) is 2.87. The van der Waals surface area contributed by atoms with Crippen molar-refractivity contribution in [3.8, 4) is 0 Å². The Morgan fingerprint density at radius 1 is 1.40 bits per heavy atom. The van der Waals surface area contributed by atoms with Gasteiger partial charge >= 0.3 is 6.09 Å². The number of amides is 1. The lowest BCUT2D eigenvalue weighted by molar-refractivity contribution is 0.131. The van der Waals surface area contributed by atoms with E-state index in [2.05, 4.69) is 4.98 Å². The normalized spacial score (nSPS) is 17.7. The number of piperidine rings is 1. The van der Waals surface area contributed by atoms with Crippen LogP contribution in [0, 0.1) is 0 Å². The SMILES string of the molecule is O=C(O)N1CCC(c2ccccn2)CC1. The Bertz CT molecular complexity index is 332. The average molecular weight is 206 g/mol. The van der Waals surface area contributed by atoms with E-state index >= 15 is 0 Å². The van der Waals surface area contributed by atoms with E-state index in [1.54, 1.807) is 6.20 Å². The Kier molecular flexibility index (Phi) is 2.85. The topological polar surface area (TPSA) is 53.4 Å². The summed E-state index contributed by atoms with van der Waals surface area (Å²) < 4.78 is 0. The molecule has 15 heavy (non-hydrogen) atoms. The van der Waals surface area contributed by atoms with Crippen LogP contribution in [0.2, 0.25) is 0 Å². The highest BCUT2D eigenvalue weighted by Gasteiger charge is 2.23. The van der Waals surface area contributed by atoms with Crippen LogP contribution in [0.3, 0.4) is 0 Å². The minimum Gasteiger partial charge on any atom is -0.465 e. The molecule has 2 rings (SSSR count). The first kappa shape index (κ1) is 9.96. The second kappa shape index (κ2) is 4.29. The summed E-state index contributed by atoms with van der Waals surface area (Å²) in [6.45, 7) is 1.24. The largest absolute Gasteiger partial charge is 0.465 e. The van der Waals surface area contributed by atoms with Gasteiger partial charge in [0.05, 0.1) is 0 Å². The van der Waals surface area contributed by atoms with Crippen LogP contribution in [-0.4, -0.2) is 34.2 Å².